The maximum absolute atomic E-state index is 14.5. The number of hydrogen-bond acceptors (Lipinski definition) is 7. The van der Waals surface area contributed by atoms with Crippen LogP contribution < -0.4 is 19.9 Å². The molecule has 2 heterocycles. The third kappa shape index (κ3) is 6.29. The van der Waals surface area contributed by atoms with Crippen LogP contribution in [0.1, 0.15) is 38.3 Å². The number of amides is 1. The number of halogens is 1. The topological polar surface area (TPSA) is 79.8 Å². The number of nitrogens with one attached hydrogen (secondary N) is 1. The first-order chi connectivity index (χ1) is 15.4. The Balaban J connectivity index is 1.59. The standard InChI is InChI=1S/C23H32FN5O3/c1-16(26-17(2)30)18-6-8-19(9-7-18)32-20-10-12-29(15-20)22-21(24)14-25-23(27-22)28(3)11-5-13-31-4/h6-9,14,16,20H,5,10-13,15H2,1-4H3,(H,26,30)/t16-,20+/m0/s1. The van der Waals surface area contributed by atoms with E-state index in [-0.39, 0.29) is 18.1 Å². The quantitative estimate of drug-likeness (QED) is 0.563. The molecule has 1 aliphatic rings. The number of rotatable bonds is 10. The second-order valence-corrected chi connectivity index (χ2v) is 8.08. The highest BCUT2D eigenvalue weighted by atomic mass is 19.1. The van der Waals surface area contributed by atoms with Gasteiger partial charge in [0.15, 0.2) is 11.6 Å². The maximum atomic E-state index is 14.5. The third-order valence-corrected chi connectivity index (χ3v) is 5.44. The van der Waals surface area contributed by atoms with Crippen LogP contribution in [0.3, 0.4) is 0 Å². The monoisotopic (exact) mass is 445 g/mol. The van der Waals surface area contributed by atoms with E-state index in [0.29, 0.717) is 31.5 Å². The summed E-state index contributed by atoms with van der Waals surface area (Å²) in [6.45, 7) is 6.01. The van der Waals surface area contributed by atoms with E-state index >= 15 is 0 Å². The Morgan fingerprint density at radius 2 is 2.12 bits per heavy atom. The number of hydrogen-bond donors (Lipinski definition) is 1. The van der Waals surface area contributed by atoms with E-state index in [4.69, 9.17) is 9.47 Å². The molecule has 0 unspecified atom stereocenters. The fraction of sp³-hybridized carbons (Fsp3) is 0.522. The van der Waals surface area contributed by atoms with Crippen molar-refractivity contribution in [2.75, 3.05) is 50.2 Å². The molecule has 1 N–H and O–H groups in total. The van der Waals surface area contributed by atoms with Crippen molar-refractivity contribution in [1.82, 2.24) is 15.3 Å². The number of carbonyl (C=O) groups excluding carboxylic acids is 1. The summed E-state index contributed by atoms with van der Waals surface area (Å²) in [6.07, 6.45) is 2.77. The van der Waals surface area contributed by atoms with E-state index in [1.54, 1.807) is 7.11 Å². The fourth-order valence-electron chi connectivity index (χ4n) is 3.73. The van der Waals surface area contributed by atoms with Crippen molar-refractivity contribution in [3.63, 3.8) is 0 Å². The Labute approximate surface area is 188 Å². The molecule has 2 atom stereocenters. The van der Waals surface area contributed by atoms with Gasteiger partial charge in [-0.1, -0.05) is 12.1 Å². The number of carbonyl (C=O) groups is 1. The molecule has 1 aromatic heterocycles. The predicted molar refractivity (Wildman–Crippen MR) is 122 cm³/mol. The summed E-state index contributed by atoms with van der Waals surface area (Å²) >= 11 is 0. The van der Waals surface area contributed by atoms with Gasteiger partial charge in [-0.3, -0.25) is 4.79 Å². The van der Waals surface area contributed by atoms with Gasteiger partial charge in [0.05, 0.1) is 18.8 Å². The van der Waals surface area contributed by atoms with Crippen molar-refractivity contribution in [1.29, 1.82) is 0 Å². The van der Waals surface area contributed by atoms with Crippen molar-refractivity contribution in [2.24, 2.45) is 0 Å². The second kappa shape index (κ2) is 11.1. The lowest BCUT2D eigenvalue weighted by molar-refractivity contribution is -0.119. The molecule has 174 valence electrons. The van der Waals surface area contributed by atoms with E-state index in [0.717, 1.165) is 30.7 Å². The van der Waals surface area contributed by atoms with Crippen LogP contribution in [-0.2, 0) is 9.53 Å². The molecule has 3 rings (SSSR count). The van der Waals surface area contributed by atoms with E-state index in [1.807, 2.05) is 48.0 Å². The lowest BCUT2D eigenvalue weighted by Crippen LogP contribution is -2.28. The Bertz CT molecular complexity index is 896. The molecular formula is C23H32FN5O3. The van der Waals surface area contributed by atoms with Gasteiger partial charge in [-0.15, -0.1) is 0 Å². The van der Waals surface area contributed by atoms with Gasteiger partial charge < -0.3 is 24.6 Å². The molecule has 1 aliphatic heterocycles. The minimum atomic E-state index is -0.434. The summed E-state index contributed by atoms with van der Waals surface area (Å²) in [4.78, 5) is 23.6. The van der Waals surface area contributed by atoms with E-state index in [2.05, 4.69) is 15.3 Å². The smallest absolute Gasteiger partial charge is 0.227 e. The lowest BCUT2D eigenvalue weighted by Gasteiger charge is -2.22. The van der Waals surface area contributed by atoms with Gasteiger partial charge in [-0.2, -0.15) is 4.98 Å². The maximum Gasteiger partial charge on any atom is 0.227 e. The summed E-state index contributed by atoms with van der Waals surface area (Å²) in [5, 5.41) is 2.86. The Hall–Kier alpha value is -2.94. The number of anilines is 2. The summed E-state index contributed by atoms with van der Waals surface area (Å²) in [5.41, 5.74) is 1.01. The van der Waals surface area contributed by atoms with Crippen LogP contribution in [0.15, 0.2) is 30.5 Å². The molecule has 0 spiro atoms. The summed E-state index contributed by atoms with van der Waals surface area (Å²) in [6, 6.07) is 7.62. The third-order valence-electron chi connectivity index (χ3n) is 5.44. The van der Waals surface area contributed by atoms with E-state index < -0.39 is 5.82 Å². The highest BCUT2D eigenvalue weighted by Gasteiger charge is 2.28. The van der Waals surface area contributed by atoms with Gasteiger partial charge in [0, 0.05) is 47.2 Å². The van der Waals surface area contributed by atoms with Gasteiger partial charge >= 0.3 is 0 Å². The van der Waals surface area contributed by atoms with Crippen molar-refractivity contribution < 1.29 is 18.7 Å². The van der Waals surface area contributed by atoms with Crippen LogP contribution >= 0.6 is 0 Å². The van der Waals surface area contributed by atoms with Crippen LogP contribution in [-0.4, -0.2) is 62.4 Å². The van der Waals surface area contributed by atoms with E-state index in [9.17, 15) is 9.18 Å². The highest BCUT2D eigenvalue weighted by Crippen LogP contribution is 2.26. The van der Waals surface area contributed by atoms with E-state index in [1.165, 1.54) is 13.1 Å². The number of ether oxygens (including phenoxy) is 2. The fourth-order valence-corrected chi connectivity index (χ4v) is 3.73. The Kier molecular flexibility index (Phi) is 8.21. The first-order valence-corrected chi connectivity index (χ1v) is 10.9. The molecular weight excluding hydrogens is 413 g/mol. The van der Waals surface area contributed by atoms with Crippen LogP contribution in [0.25, 0.3) is 0 Å². The van der Waals surface area contributed by atoms with Crippen LogP contribution in [0, 0.1) is 5.82 Å². The Morgan fingerprint density at radius 1 is 1.38 bits per heavy atom. The molecule has 32 heavy (non-hydrogen) atoms. The molecule has 1 saturated heterocycles. The van der Waals surface area contributed by atoms with Gasteiger partial charge in [0.2, 0.25) is 11.9 Å². The second-order valence-electron chi connectivity index (χ2n) is 8.08. The minimum Gasteiger partial charge on any atom is -0.489 e. The Morgan fingerprint density at radius 3 is 2.81 bits per heavy atom. The molecule has 0 aliphatic carbocycles. The lowest BCUT2D eigenvalue weighted by atomic mass is 10.1. The molecule has 0 bridgehead atoms. The predicted octanol–water partition coefficient (Wildman–Crippen LogP) is 2.94. The minimum absolute atomic E-state index is 0.0638. The van der Waals surface area contributed by atoms with Crippen molar-refractivity contribution >= 4 is 17.7 Å². The number of aromatic nitrogens is 2. The molecule has 8 nitrogen and oxygen atoms in total. The molecule has 9 heteroatoms. The average Bonchev–Trinajstić information content (AvgIpc) is 3.22. The molecule has 0 radical (unpaired) electrons. The zero-order valence-electron chi connectivity index (χ0n) is 19.2. The molecule has 0 saturated carbocycles. The number of methoxy groups -OCH3 is 1. The number of nitrogens with zero attached hydrogens (tertiary/aromatic N) is 4. The van der Waals surface area contributed by atoms with Gasteiger partial charge in [-0.05, 0) is 31.0 Å². The first-order valence-electron chi connectivity index (χ1n) is 10.9. The number of benzene rings is 1. The molecule has 1 aromatic carbocycles. The van der Waals surface area contributed by atoms with Crippen LogP contribution in [0.4, 0.5) is 16.2 Å². The molecule has 1 amide bonds. The van der Waals surface area contributed by atoms with Crippen molar-refractivity contribution in [3.8, 4) is 5.75 Å². The molecule has 1 fully saturated rings. The first kappa shape index (κ1) is 23.7. The SMILES string of the molecule is COCCCN(C)c1ncc(F)c(N2CC[C@@H](Oc3ccc([C@H](C)NC(C)=O)cc3)C2)n1. The van der Waals surface area contributed by atoms with Gasteiger partial charge in [0.25, 0.3) is 0 Å². The van der Waals surface area contributed by atoms with Crippen LogP contribution in [0.2, 0.25) is 0 Å². The van der Waals surface area contributed by atoms with Gasteiger partial charge in [0.1, 0.15) is 11.9 Å². The zero-order chi connectivity index (χ0) is 23.1. The summed E-state index contributed by atoms with van der Waals surface area (Å²) in [7, 11) is 3.55. The van der Waals surface area contributed by atoms with Crippen molar-refractivity contribution in [2.45, 2.75) is 38.8 Å². The van der Waals surface area contributed by atoms with Crippen molar-refractivity contribution in [3.05, 3.63) is 41.8 Å². The van der Waals surface area contributed by atoms with Gasteiger partial charge in [-0.25, -0.2) is 9.37 Å². The normalized spacial score (nSPS) is 16.7. The largest absolute Gasteiger partial charge is 0.489 e. The molecule has 2 aromatic rings. The summed E-state index contributed by atoms with van der Waals surface area (Å²) < 4.78 is 25.7. The average molecular weight is 446 g/mol. The summed E-state index contributed by atoms with van der Waals surface area (Å²) in [5.74, 6) is 1.04. The highest BCUT2D eigenvalue weighted by molar-refractivity contribution is 5.73. The van der Waals surface area contributed by atoms with Crippen LogP contribution in [0.5, 0.6) is 5.75 Å². The zero-order valence-corrected chi connectivity index (χ0v) is 19.2.